The van der Waals surface area contributed by atoms with Crippen molar-refractivity contribution in [1.82, 2.24) is 10.6 Å². The van der Waals surface area contributed by atoms with Crippen LogP contribution < -0.4 is 16.4 Å². The summed E-state index contributed by atoms with van der Waals surface area (Å²) >= 11 is 0. The Morgan fingerprint density at radius 2 is 2.09 bits per heavy atom. The molecule has 3 aliphatic carbocycles. The van der Waals surface area contributed by atoms with Gasteiger partial charge in [0, 0.05) is 24.0 Å². The van der Waals surface area contributed by atoms with Crippen LogP contribution in [0.5, 0.6) is 0 Å². The Hall–Kier alpha value is -1.82. The minimum Gasteiger partial charge on any atom is -0.393 e. The molecule has 6 nitrogen and oxygen atoms in total. The molecule has 6 heteroatoms. The highest BCUT2D eigenvalue weighted by Crippen LogP contribution is 2.64. The lowest BCUT2D eigenvalue weighted by Gasteiger charge is -2.27. The lowest BCUT2D eigenvalue weighted by molar-refractivity contribution is -0.113. The van der Waals surface area contributed by atoms with Gasteiger partial charge in [0.15, 0.2) is 0 Å². The summed E-state index contributed by atoms with van der Waals surface area (Å²) in [6.07, 6.45) is 9.72. The number of amidine groups is 1. The van der Waals surface area contributed by atoms with E-state index in [0.717, 1.165) is 49.1 Å². The summed E-state index contributed by atoms with van der Waals surface area (Å²) in [4.78, 5) is 15.5. The molecule has 23 heavy (non-hydrogen) atoms. The number of carbonyl (C=O) groups is 1. The average Bonchev–Trinajstić information content (AvgIpc) is 3.35. The Labute approximate surface area is 136 Å². The summed E-state index contributed by atoms with van der Waals surface area (Å²) in [7, 11) is 0. The van der Waals surface area contributed by atoms with Crippen molar-refractivity contribution in [2.45, 2.75) is 57.2 Å². The van der Waals surface area contributed by atoms with Crippen molar-refractivity contribution in [1.29, 1.82) is 0 Å². The number of rotatable bonds is 6. The first-order chi connectivity index (χ1) is 11.0. The molecule has 0 heterocycles. The summed E-state index contributed by atoms with van der Waals surface area (Å²) in [5.41, 5.74) is 6.11. The minimum atomic E-state index is -0.485. The van der Waals surface area contributed by atoms with Gasteiger partial charge in [-0.05, 0) is 56.9 Å². The van der Waals surface area contributed by atoms with Crippen LogP contribution in [-0.2, 0) is 4.79 Å². The van der Waals surface area contributed by atoms with Crippen LogP contribution in [0.4, 0.5) is 0 Å². The molecule has 0 aromatic carbocycles. The molecule has 3 saturated carbocycles. The van der Waals surface area contributed by atoms with E-state index in [1.54, 1.807) is 0 Å². The first-order valence-electron chi connectivity index (χ1n) is 8.46. The number of carbonyl (C=O) groups excluding carboxylic acids is 1. The smallest absolute Gasteiger partial charge is 0.242 e. The number of nitrogens with zero attached hydrogens (tertiary/aromatic N) is 1. The van der Waals surface area contributed by atoms with Gasteiger partial charge >= 0.3 is 0 Å². The minimum absolute atomic E-state index is 0.197. The quantitative estimate of drug-likeness (QED) is 0.330. The van der Waals surface area contributed by atoms with Crippen LogP contribution in [0.15, 0.2) is 29.0 Å². The monoisotopic (exact) mass is 318 g/mol. The molecule has 4 atom stereocenters. The van der Waals surface area contributed by atoms with Gasteiger partial charge in [0.25, 0.3) is 0 Å². The number of hydrogen-bond acceptors (Lipinski definition) is 4. The van der Waals surface area contributed by atoms with E-state index < -0.39 is 5.91 Å². The van der Waals surface area contributed by atoms with Gasteiger partial charge in [0.1, 0.15) is 5.84 Å². The number of hydrogen-bond donors (Lipinski definition) is 4. The van der Waals surface area contributed by atoms with Gasteiger partial charge < -0.3 is 21.5 Å². The molecule has 4 unspecified atom stereocenters. The molecule has 1 amide bonds. The number of nitrogens with one attached hydrogen (secondary N) is 2. The van der Waals surface area contributed by atoms with E-state index >= 15 is 0 Å². The third-order valence-corrected chi connectivity index (χ3v) is 4.83. The third-order valence-electron chi connectivity index (χ3n) is 4.83. The predicted octanol–water partition coefficient (Wildman–Crippen LogP) is 0.789. The van der Waals surface area contributed by atoms with E-state index in [1.165, 1.54) is 18.7 Å². The number of primary amides is 1. The first kappa shape index (κ1) is 16.1. The molecule has 0 bridgehead atoms. The molecule has 0 aliphatic heterocycles. The van der Waals surface area contributed by atoms with Crippen molar-refractivity contribution < 1.29 is 9.90 Å². The highest BCUT2D eigenvalue weighted by atomic mass is 16.3. The molecule has 3 fully saturated rings. The zero-order valence-corrected chi connectivity index (χ0v) is 13.5. The fourth-order valence-electron chi connectivity index (χ4n) is 3.28. The fraction of sp³-hybridized carbons (Fsp3) is 0.647. The second-order valence-corrected chi connectivity index (χ2v) is 6.94. The average molecular weight is 318 g/mol. The standard InChI is InChI=1S/C17H26N4O2/c1-10(20-11-3-2-4-12(22)8-11)7-16(19-6-5-15(18)23)21-17-13-9-14(13)17/h5-7,11-14,17,20,22H,2-4,8-9H2,1H3,(H2,18,23)(H,19,21)/b6-5+,10-7+. The van der Waals surface area contributed by atoms with Crippen LogP contribution in [0.2, 0.25) is 0 Å². The number of aliphatic imine (C=N–C) groups is 1. The van der Waals surface area contributed by atoms with Crippen LogP contribution in [-0.4, -0.2) is 35.0 Å². The topological polar surface area (TPSA) is 99.7 Å². The predicted molar refractivity (Wildman–Crippen MR) is 89.4 cm³/mol. The van der Waals surface area contributed by atoms with Gasteiger partial charge in [0.2, 0.25) is 5.91 Å². The van der Waals surface area contributed by atoms with E-state index in [-0.39, 0.29) is 6.10 Å². The molecule has 0 radical (unpaired) electrons. The van der Waals surface area contributed by atoms with Crippen molar-refractivity contribution in [3.63, 3.8) is 0 Å². The molecule has 0 saturated heterocycles. The normalized spacial score (nSPS) is 36.5. The molecule has 3 rings (SSSR count). The highest BCUT2D eigenvalue weighted by molar-refractivity contribution is 5.95. The molecule has 126 valence electrons. The second kappa shape index (κ2) is 6.74. The van der Waals surface area contributed by atoms with Crippen LogP contribution in [0.25, 0.3) is 0 Å². The summed E-state index contributed by atoms with van der Waals surface area (Å²) in [5.74, 6) is 1.83. The van der Waals surface area contributed by atoms with Crippen LogP contribution in [0.3, 0.4) is 0 Å². The summed E-state index contributed by atoms with van der Waals surface area (Å²) < 4.78 is 0. The molecule has 0 aromatic rings. The van der Waals surface area contributed by atoms with Gasteiger partial charge in [-0.1, -0.05) is 0 Å². The maximum Gasteiger partial charge on any atom is 0.242 e. The fourth-order valence-corrected chi connectivity index (χ4v) is 3.28. The highest BCUT2D eigenvalue weighted by Gasteiger charge is 2.64. The Morgan fingerprint density at radius 3 is 2.70 bits per heavy atom. The Morgan fingerprint density at radius 1 is 1.30 bits per heavy atom. The van der Waals surface area contributed by atoms with Crippen LogP contribution in [0.1, 0.15) is 39.0 Å². The second-order valence-electron chi connectivity index (χ2n) is 6.94. The number of amides is 1. The van der Waals surface area contributed by atoms with E-state index in [0.29, 0.717) is 12.1 Å². The summed E-state index contributed by atoms with van der Waals surface area (Å²) in [6, 6.07) is 0.756. The number of allylic oxidation sites excluding steroid dienone is 1. The molecule has 3 aliphatic rings. The van der Waals surface area contributed by atoms with Crippen LogP contribution >= 0.6 is 0 Å². The number of aliphatic hydroxyl groups is 1. The molecule has 0 spiro atoms. The molecule has 0 aromatic heterocycles. The molecular weight excluding hydrogens is 292 g/mol. The maximum absolute atomic E-state index is 10.8. The van der Waals surface area contributed by atoms with E-state index in [1.807, 2.05) is 13.0 Å². The largest absolute Gasteiger partial charge is 0.393 e. The Bertz CT molecular complexity index is 547. The van der Waals surface area contributed by atoms with Gasteiger partial charge in [-0.3, -0.25) is 9.79 Å². The third kappa shape index (κ3) is 4.58. The van der Waals surface area contributed by atoms with Gasteiger partial charge in [-0.2, -0.15) is 0 Å². The first-order valence-corrected chi connectivity index (χ1v) is 8.46. The number of aliphatic hydroxyl groups excluding tert-OH is 1. The Kier molecular flexibility index (Phi) is 4.71. The zero-order valence-electron chi connectivity index (χ0n) is 13.5. The van der Waals surface area contributed by atoms with E-state index in [4.69, 9.17) is 10.7 Å². The lowest BCUT2D eigenvalue weighted by Crippen LogP contribution is -2.35. The maximum atomic E-state index is 10.8. The Balaban J connectivity index is 1.58. The van der Waals surface area contributed by atoms with Crippen molar-refractivity contribution in [2.24, 2.45) is 22.6 Å². The number of nitrogens with two attached hydrogens (primary N) is 1. The van der Waals surface area contributed by atoms with E-state index in [9.17, 15) is 9.90 Å². The number of fused-ring (bicyclic) bond motifs is 1. The SMILES string of the molecule is C/C(=C\C(=NC1C2CC21)N/C=C/C(N)=O)NC1CCCC(O)C1. The van der Waals surface area contributed by atoms with E-state index in [2.05, 4.69) is 10.6 Å². The van der Waals surface area contributed by atoms with Crippen LogP contribution in [0, 0.1) is 11.8 Å². The van der Waals surface area contributed by atoms with Crippen molar-refractivity contribution in [2.75, 3.05) is 0 Å². The van der Waals surface area contributed by atoms with Gasteiger partial charge in [-0.15, -0.1) is 0 Å². The van der Waals surface area contributed by atoms with Gasteiger partial charge in [0.05, 0.1) is 12.1 Å². The lowest BCUT2D eigenvalue weighted by atomic mass is 9.93. The zero-order chi connectivity index (χ0) is 16.4. The molecule has 5 N–H and O–H groups in total. The molecular formula is C17H26N4O2. The van der Waals surface area contributed by atoms with Gasteiger partial charge in [-0.25, -0.2) is 0 Å². The van der Waals surface area contributed by atoms with Crippen molar-refractivity contribution >= 4 is 11.7 Å². The van der Waals surface area contributed by atoms with Crippen molar-refractivity contribution in [3.05, 3.63) is 24.0 Å². The summed E-state index contributed by atoms with van der Waals surface area (Å²) in [6.45, 7) is 2.00. The van der Waals surface area contributed by atoms with Crippen molar-refractivity contribution in [3.8, 4) is 0 Å². The summed E-state index contributed by atoms with van der Waals surface area (Å²) in [5, 5.41) is 16.3.